The normalized spacial score (nSPS) is 11.0. The van der Waals surface area contributed by atoms with Gasteiger partial charge in [-0.25, -0.2) is 5.43 Å². The second kappa shape index (κ2) is 10.9. The molecular weight excluding hydrogens is 470 g/mol. The Labute approximate surface area is 196 Å². The van der Waals surface area contributed by atoms with Crippen molar-refractivity contribution in [2.45, 2.75) is 33.6 Å². The molecule has 0 unspecified atom stereocenters. The van der Waals surface area contributed by atoms with Gasteiger partial charge in [0.25, 0.3) is 0 Å². The van der Waals surface area contributed by atoms with Crippen molar-refractivity contribution in [3.63, 3.8) is 0 Å². The van der Waals surface area contributed by atoms with E-state index in [4.69, 9.17) is 4.74 Å². The van der Waals surface area contributed by atoms with Crippen LogP contribution in [0.3, 0.4) is 0 Å². The van der Waals surface area contributed by atoms with Crippen molar-refractivity contribution < 1.29 is 14.3 Å². The summed E-state index contributed by atoms with van der Waals surface area (Å²) in [6, 6.07) is 17.5. The molecule has 1 aromatic heterocycles. The molecule has 0 radical (unpaired) electrons. The number of nitrogens with zero attached hydrogens (tertiary/aromatic N) is 2. The molecule has 2 aromatic carbocycles. The van der Waals surface area contributed by atoms with E-state index in [1.165, 1.54) is 0 Å². The number of halogens is 1. The molecule has 0 atom stereocenters. The summed E-state index contributed by atoms with van der Waals surface area (Å²) in [5.41, 5.74) is 8.38. The first-order valence-corrected chi connectivity index (χ1v) is 11.2. The second-order valence-electron chi connectivity index (χ2n) is 7.41. The Morgan fingerprint density at radius 1 is 1.03 bits per heavy atom. The van der Waals surface area contributed by atoms with E-state index in [1.54, 1.807) is 13.1 Å². The van der Waals surface area contributed by atoms with Gasteiger partial charge in [-0.05, 0) is 62.2 Å². The number of esters is 1. The molecule has 0 saturated heterocycles. The van der Waals surface area contributed by atoms with Crippen LogP contribution in [0.15, 0.2) is 64.2 Å². The molecule has 1 amide bonds. The average molecular weight is 496 g/mol. The lowest BCUT2D eigenvalue weighted by molar-refractivity contribution is -0.142. The maximum absolute atomic E-state index is 12.1. The van der Waals surface area contributed by atoms with Gasteiger partial charge in [-0.2, -0.15) is 5.10 Å². The quantitative estimate of drug-likeness (QED) is 0.280. The van der Waals surface area contributed by atoms with Gasteiger partial charge in [0.05, 0.1) is 25.7 Å². The predicted molar refractivity (Wildman–Crippen MR) is 129 cm³/mol. The summed E-state index contributed by atoms with van der Waals surface area (Å²) in [6.45, 7) is 6.20. The number of carbonyl (C=O) groups is 2. The number of rotatable bonds is 8. The highest BCUT2D eigenvalue weighted by Gasteiger charge is 2.11. The van der Waals surface area contributed by atoms with Crippen molar-refractivity contribution in [2.24, 2.45) is 5.10 Å². The molecule has 0 aliphatic heterocycles. The van der Waals surface area contributed by atoms with Gasteiger partial charge in [0.1, 0.15) is 0 Å². The molecule has 7 heteroatoms. The van der Waals surface area contributed by atoms with Gasteiger partial charge in [0.2, 0.25) is 5.91 Å². The lowest BCUT2D eigenvalue weighted by Gasteiger charge is -2.10. The van der Waals surface area contributed by atoms with Crippen LogP contribution in [-0.4, -0.2) is 29.3 Å². The molecule has 0 bridgehead atoms. The maximum atomic E-state index is 12.1. The third-order valence-corrected chi connectivity index (χ3v) is 5.52. The minimum absolute atomic E-state index is 0.172. The minimum Gasteiger partial charge on any atom is -0.466 e. The van der Waals surface area contributed by atoms with E-state index in [9.17, 15) is 9.59 Å². The Balaban J connectivity index is 1.65. The van der Waals surface area contributed by atoms with E-state index < -0.39 is 0 Å². The summed E-state index contributed by atoms with van der Waals surface area (Å²) >= 11 is 3.38. The van der Waals surface area contributed by atoms with Crippen LogP contribution in [0.4, 0.5) is 0 Å². The van der Waals surface area contributed by atoms with Crippen molar-refractivity contribution in [1.29, 1.82) is 0 Å². The summed E-state index contributed by atoms with van der Waals surface area (Å²) in [6.07, 6.45) is 2.19. The molecule has 32 heavy (non-hydrogen) atoms. The topological polar surface area (TPSA) is 72.7 Å². The summed E-state index contributed by atoms with van der Waals surface area (Å²) in [4.78, 5) is 23.8. The summed E-state index contributed by atoms with van der Waals surface area (Å²) in [7, 11) is 0. The van der Waals surface area contributed by atoms with E-state index in [-0.39, 0.29) is 24.7 Å². The van der Waals surface area contributed by atoms with Crippen molar-refractivity contribution in [3.05, 3.63) is 87.1 Å². The summed E-state index contributed by atoms with van der Waals surface area (Å²) in [5.74, 6) is -0.399. The zero-order valence-electron chi connectivity index (χ0n) is 18.4. The van der Waals surface area contributed by atoms with Crippen LogP contribution in [0.2, 0.25) is 0 Å². The number of hydrazone groups is 1. The molecule has 0 fully saturated rings. The SMILES string of the molecule is CCOC(=O)Cc1ccc(-n2c(C)cc(/C=N\NC(=O)Cc3ccc(Br)cc3)c2C)cc1. The molecule has 0 saturated carbocycles. The molecule has 0 aliphatic carbocycles. The van der Waals surface area contributed by atoms with Crippen LogP contribution in [0, 0.1) is 13.8 Å². The zero-order valence-corrected chi connectivity index (χ0v) is 20.0. The molecule has 1 heterocycles. The highest BCUT2D eigenvalue weighted by molar-refractivity contribution is 9.10. The standard InChI is InChI=1S/C25H26BrN3O3/c1-4-32-25(31)15-20-7-11-23(12-8-20)29-17(2)13-21(18(29)3)16-27-28-24(30)14-19-5-9-22(26)10-6-19/h5-13,16H,4,14-15H2,1-3H3,(H,28,30)/b27-16-. The molecular formula is C25H26BrN3O3. The number of amides is 1. The van der Waals surface area contributed by atoms with Gasteiger partial charge >= 0.3 is 5.97 Å². The Kier molecular flexibility index (Phi) is 8.00. The lowest BCUT2D eigenvalue weighted by atomic mass is 10.1. The second-order valence-corrected chi connectivity index (χ2v) is 8.32. The Bertz CT molecular complexity index is 1120. The first-order valence-electron chi connectivity index (χ1n) is 10.4. The van der Waals surface area contributed by atoms with E-state index in [0.29, 0.717) is 6.61 Å². The largest absolute Gasteiger partial charge is 0.466 e. The van der Waals surface area contributed by atoms with Crippen LogP contribution in [-0.2, 0) is 27.2 Å². The number of hydrogen-bond acceptors (Lipinski definition) is 4. The molecule has 166 valence electrons. The number of aryl methyl sites for hydroxylation is 1. The van der Waals surface area contributed by atoms with E-state index in [2.05, 4.69) is 31.0 Å². The predicted octanol–water partition coefficient (Wildman–Crippen LogP) is 4.66. The van der Waals surface area contributed by atoms with Gasteiger partial charge in [0, 0.05) is 27.1 Å². The number of carbonyl (C=O) groups excluding carboxylic acids is 2. The molecule has 6 nitrogen and oxygen atoms in total. The van der Waals surface area contributed by atoms with Crippen LogP contribution in [0.25, 0.3) is 5.69 Å². The highest BCUT2D eigenvalue weighted by atomic mass is 79.9. The fourth-order valence-corrected chi connectivity index (χ4v) is 3.72. The fourth-order valence-electron chi connectivity index (χ4n) is 3.46. The van der Waals surface area contributed by atoms with Crippen molar-refractivity contribution in [2.75, 3.05) is 6.61 Å². The van der Waals surface area contributed by atoms with E-state index >= 15 is 0 Å². The summed E-state index contributed by atoms with van der Waals surface area (Å²) in [5, 5.41) is 4.13. The van der Waals surface area contributed by atoms with E-state index in [1.807, 2.05) is 68.4 Å². The maximum Gasteiger partial charge on any atom is 0.310 e. The fraction of sp³-hybridized carbons (Fsp3) is 0.240. The first-order chi connectivity index (χ1) is 15.4. The smallest absolute Gasteiger partial charge is 0.310 e. The monoisotopic (exact) mass is 495 g/mol. The lowest BCUT2D eigenvalue weighted by Crippen LogP contribution is -2.19. The minimum atomic E-state index is -0.228. The zero-order chi connectivity index (χ0) is 23.1. The van der Waals surface area contributed by atoms with Gasteiger partial charge in [0.15, 0.2) is 0 Å². The van der Waals surface area contributed by atoms with E-state index in [0.717, 1.165) is 38.2 Å². The highest BCUT2D eigenvalue weighted by Crippen LogP contribution is 2.20. The number of hydrogen-bond donors (Lipinski definition) is 1. The van der Waals surface area contributed by atoms with Crippen molar-refractivity contribution >= 4 is 34.0 Å². The number of nitrogens with one attached hydrogen (secondary N) is 1. The Morgan fingerprint density at radius 2 is 1.66 bits per heavy atom. The summed E-state index contributed by atoms with van der Waals surface area (Å²) < 4.78 is 8.09. The number of ether oxygens (including phenoxy) is 1. The van der Waals surface area contributed by atoms with Gasteiger partial charge in [-0.1, -0.05) is 40.2 Å². The van der Waals surface area contributed by atoms with Crippen LogP contribution in [0.1, 0.15) is 35.0 Å². The van der Waals surface area contributed by atoms with Gasteiger partial charge in [-0.15, -0.1) is 0 Å². The van der Waals surface area contributed by atoms with Crippen molar-refractivity contribution in [1.82, 2.24) is 9.99 Å². The molecule has 0 spiro atoms. The number of aromatic nitrogens is 1. The Hall–Kier alpha value is -3.19. The van der Waals surface area contributed by atoms with Crippen molar-refractivity contribution in [3.8, 4) is 5.69 Å². The molecule has 1 N–H and O–H groups in total. The third kappa shape index (κ3) is 6.17. The third-order valence-electron chi connectivity index (χ3n) is 4.99. The molecule has 3 aromatic rings. The number of benzene rings is 2. The first kappa shape index (κ1) is 23.5. The average Bonchev–Trinajstić information content (AvgIpc) is 3.04. The van der Waals surface area contributed by atoms with Gasteiger partial charge < -0.3 is 9.30 Å². The van der Waals surface area contributed by atoms with Crippen LogP contribution in [0.5, 0.6) is 0 Å². The van der Waals surface area contributed by atoms with Gasteiger partial charge in [-0.3, -0.25) is 9.59 Å². The Morgan fingerprint density at radius 3 is 2.31 bits per heavy atom. The van der Waals surface area contributed by atoms with Crippen LogP contribution >= 0.6 is 15.9 Å². The van der Waals surface area contributed by atoms with Crippen LogP contribution < -0.4 is 5.43 Å². The molecule has 0 aliphatic rings. The molecule has 3 rings (SSSR count).